The van der Waals surface area contributed by atoms with Crippen LogP contribution in [0.15, 0.2) is 12.2 Å². The molecule has 4 heteroatoms. The highest BCUT2D eigenvalue weighted by molar-refractivity contribution is 5.96. The second-order valence-corrected chi connectivity index (χ2v) is 5.83. The van der Waals surface area contributed by atoms with Crippen LogP contribution in [0.25, 0.3) is 0 Å². The number of amides is 1. The molecular formula is C15H27NO3. The van der Waals surface area contributed by atoms with E-state index in [1.807, 2.05) is 0 Å². The van der Waals surface area contributed by atoms with Gasteiger partial charge in [0, 0.05) is 18.7 Å². The molecule has 0 aromatic rings. The fourth-order valence-corrected chi connectivity index (χ4v) is 1.62. The standard InChI is InChI=1S/C15H27NO3/c1-11(2)6-8-16(9-7-12(3)4)15(19)13(5)10-14(17)18/h11-12H,5-10H2,1-4H3,(H,17,18). The topological polar surface area (TPSA) is 57.6 Å². The average molecular weight is 269 g/mol. The van der Waals surface area contributed by atoms with E-state index >= 15 is 0 Å². The molecule has 0 aliphatic heterocycles. The van der Waals surface area contributed by atoms with Crippen molar-refractivity contribution in [3.05, 3.63) is 12.2 Å². The molecule has 0 heterocycles. The maximum absolute atomic E-state index is 12.2. The maximum Gasteiger partial charge on any atom is 0.308 e. The molecule has 0 aromatic heterocycles. The summed E-state index contributed by atoms with van der Waals surface area (Å²) in [4.78, 5) is 24.5. The molecule has 0 radical (unpaired) electrons. The van der Waals surface area contributed by atoms with Gasteiger partial charge in [-0.15, -0.1) is 0 Å². The molecule has 4 nitrogen and oxygen atoms in total. The minimum atomic E-state index is -1.01. The van der Waals surface area contributed by atoms with Gasteiger partial charge in [-0.1, -0.05) is 34.3 Å². The molecule has 0 aromatic carbocycles. The first-order valence-corrected chi connectivity index (χ1v) is 6.92. The molecule has 1 N–H and O–H groups in total. The SMILES string of the molecule is C=C(CC(=O)O)C(=O)N(CCC(C)C)CCC(C)C. The lowest BCUT2D eigenvalue weighted by atomic mass is 10.1. The molecule has 0 saturated carbocycles. The highest BCUT2D eigenvalue weighted by Gasteiger charge is 2.18. The maximum atomic E-state index is 12.2. The Morgan fingerprint density at radius 2 is 1.47 bits per heavy atom. The van der Waals surface area contributed by atoms with Gasteiger partial charge in [0.25, 0.3) is 0 Å². The number of aliphatic carboxylic acids is 1. The lowest BCUT2D eigenvalue weighted by Gasteiger charge is -2.25. The summed E-state index contributed by atoms with van der Waals surface area (Å²) in [6, 6.07) is 0. The van der Waals surface area contributed by atoms with Crippen molar-refractivity contribution in [2.24, 2.45) is 11.8 Å². The van der Waals surface area contributed by atoms with E-state index in [2.05, 4.69) is 34.3 Å². The molecule has 0 aliphatic carbocycles. The first kappa shape index (κ1) is 17.7. The van der Waals surface area contributed by atoms with Gasteiger partial charge in [0.05, 0.1) is 6.42 Å². The van der Waals surface area contributed by atoms with Gasteiger partial charge in [0.2, 0.25) is 5.91 Å². The molecule has 0 saturated heterocycles. The van der Waals surface area contributed by atoms with Gasteiger partial charge in [0.1, 0.15) is 0 Å². The molecular weight excluding hydrogens is 242 g/mol. The van der Waals surface area contributed by atoms with Gasteiger partial charge in [-0.2, -0.15) is 0 Å². The van der Waals surface area contributed by atoms with Crippen LogP contribution < -0.4 is 0 Å². The van der Waals surface area contributed by atoms with E-state index in [1.54, 1.807) is 4.90 Å². The summed E-state index contributed by atoms with van der Waals surface area (Å²) in [6.07, 6.45) is 1.56. The summed E-state index contributed by atoms with van der Waals surface area (Å²) in [6.45, 7) is 13.4. The molecule has 0 fully saturated rings. The van der Waals surface area contributed by atoms with E-state index in [-0.39, 0.29) is 17.9 Å². The average Bonchev–Trinajstić information content (AvgIpc) is 2.26. The molecule has 19 heavy (non-hydrogen) atoms. The number of carboxylic acid groups (broad SMARTS) is 1. The van der Waals surface area contributed by atoms with E-state index in [1.165, 1.54) is 0 Å². The van der Waals surface area contributed by atoms with Crippen LogP contribution in [-0.2, 0) is 9.59 Å². The Balaban J connectivity index is 4.56. The van der Waals surface area contributed by atoms with Crippen molar-refractivity contribution in [2.75, 3.05) is 13.1 Å². The van der Waals surface area contributed by atoms with Crippen LogP contribution in [0.4, 0.5) is 0 Å². The quantitative estimate of drug-likeness (QED) is 0.655. The first-order chi connectivity index (χ1) is 8.73. The Bertz CT molecular complexity index is 309. The van der Waals surface area contributed by atoms with E-state index in [4.69, 9.17) is 5.11 Å². The van der Waals surface area contributed by atoms with Gasteiger partial charge in [-0.3, -0.25) is 9.59 Å². The summed E-state index contributed by atoms with van der Waals surface area (Å²) in [7, 11) is 0. The molecule has 0 spiro atoms. The second kappa shape index (κ2) is 8.73. The molecule has 0 aliphatic rings. The number of carbonyl (C=O) groups excluding carboxylic acids is 1. The fraction of sp³-hybridized carbons (Fsp3) is 0.733. The van der Waals surface area contributed by atoms with Crippen molar-refractivity contribution < 1.29 is 14.7 Å². The Morgan fingerprint density at radius 1 is 1.05 bits per heavy atom. The molecule has 0 unspecified atom stereocenters. The number of hydrogen-bond acceptors (Lipinski definition) is 2. The third kappa shape index (κ3) is 8.41. The summed E-state index contributed by atoms with van der Waals surface area (Å²) < 4.78 is 0. The van der Waals surface area contributed by atoms with Gasteiger partial charge in [0.15, 0.2) is 0 Å². The summed E-state index contributed by atoms with van der Waals surface area (Å²) in [5, 5.41) is 8.72. The summed E-state index contributed by atoms with van der Waals surface area (Å²) in [5.74, 6) is -0.195. The van der Waals surface area contributed by atoms with Crippen molar-refractivity contribution >= 4 is 11.9 Å². The Hall–Kier alpha value is -1.32. The highest BCUT2D eigenvalue weighted by Crippen LogP contribution is 2.11. The van der Waals surface area contributed by atoms with Crippen molar-refractivity contribution in [1.29, 1.82) is 0 Å². The third-order valence-electron chi connectivity index (χ3n) is 2.91. The van der Waals surface area contributed by atoms with Gasteiger partial charge in [-0.25, -0.2) is 0 Å². The summed E-state index contributed by atoms with van der Waals surface area (Å²) >= 11 is 0. The van der Waals surface area contributed by atoms with E-state index in [9.17, 15) is 9.59 Å². The highest BCUT2D eigenvalue weighted by atomic mass is 16.4. The normalized spacial score (nSPS) is 10.8. The molecule has 110 valence electrons. The van der Waals surface area contributed by atoms with Gasteiger partial charge in [-0.05, 0) is 24.7 Å². The van der Waals surface area contributed by atoms with Crippen LogP contribution in [0.2, 0.25) is 0 Å². The zero-order chi connectivity index (χ0) is 15.0. The van der Waals surface area contributed by atoms with Crippen LogP contribution in [-0.4, -0.2) is 35.0 Å². The Morgan fingerprint density at radius 3 is 1.79 bits per heavy atom. The van der Waals surface area contributed by atoms with Crippen molar-refractivity contribution in [1.82, 2.24) is 4.90 Å². The minimum absolute atomic E-state index is 0.167. The lowest BCUT2D eigenvalue weighted by Crippen LogP contribution is -2.35. The number of hydrogen-bond donors (Lipinski definition) is 1. The number of nitrogens with zero attached hydrogens (tertiary/aromatic N) is 1. The second-order valence-electron chi connectivity index (χ2n) is 5.83. The molecule has 0 rings (SSSR count). The number of carbonyl (C=O) groups is 2. The third-order valence-corrected chi connectivity index (χ3v) is 2.91. The molecule has 0 atom stereocenters. The lowest BCUT2D eigenvalue weighted by molar-refractivity contribution is -0.138. The van der Waals surface area contributed by atoms with Crippen LogP contribution in [0, 0.1) is 11.8 Å². The van der Waals surface area contributed by atoms with E-state index in [0.717, 1.165) is 12.8 Å². The Kier molecular flexibility index (Phi) is 8.12. The van der Waals surface area contributed by atoms with Crippen LogP contribution in [0.1, 0.15) is 47.0 Å². The zero-order valence-electron chi connectivity index (χ0n) is 12.6. The number of rotatable bonds is 9. The van der Waals surface area contributed by atoms with E-state index in [0.29, 0.717) is 24.9 Å². The number of carboxylic acids is 1. The smallest absolute Gasteiger partial charge is 0.308 e. The van der Waals surface area contributed by atoms with Crippen molar-refractivity contribution in [2.45, 2.75) is 47.0 Å². The van der Waals surface area contributed by atoms with Crippen molar-refractivity contribution in [3.8, 4) is 0 Å². The van der Waals surface area contributed by atoms with Gasteiger partial charge < -0.3 is 10.0 Å². The predicted octanol–water partition coefficient (Wildman–Crippen LogP) is 2.94. The molecule has 0 bridgehead atoms. The Labute approximate surface area is 116 Å². The summed E-state index contributed by atoms with van der Waals surface area (Å²) in [5.41, 5.74) is 0.167. The van der Waals surface area contributed by atoms with Crippen LogP contribution in [0.5, 0.6) is 0 Å². The predicted molar refractivity (Wildman–Crippen MR) is 76.9 cm³/mol. The fourth-order valence-electron chi connectivity index (χ4n) is 1.62. The van der Waals surface area contributed by atoms with Crippen LogP contribution in [0.3, 0.4) is 0 Å². The van der Waals surface area contributed by atoms with E-state index < -0.39 is 5.97 Å². The molecule has 1 amide bonds. The monoisotopic (exact) mass is 269 g/mol. The largest absolute Gasteiger partial charge is 0.481 e. The first-order valence-electron chi connectivity index (χ1n) is 6.92. The van der Waals surface area contributed by atoms with Crippen molar-refractivity contribution in [3.63, 3.8) is 0 Å². The van der Waals surface area contributed by atoms with Crippen LogP contribution >= 0.6 is 0 Å². The van der Waals surface area contributed by atoms with Gasteiger partial charge >= 0.3 is 5.97 Å². The minimum Gasteiger partial charge on any atom is -0.481 e. The zero-order valence-corrected chi connectivity index (χ0v) is 12.6.